The van der Waals surface area contributed by atoms with E-state index in [2.05, 4.69) is 98.9 Å². The van der Waals surface area contributed by atoms with Gasteiger partial charge in [0.25, 0.3) is 7.82 Å². The Labute approximate surface area is 375 Å². The molecule has 0 aliphatic heterocycles. The molecule has 9 heteroatoms. The summed E-state index contributed by atoms with van der Waals surface area (Å²) in [6.07, 6.45) is 59.0. The van der Waals surface area contributed by atoms with Crippen molar-refractivity contribution in [3.8, 4) is 0 Å². The molecule has 0 N–H and O–H groups in total. The van der Waals surface area contributed by atoms with Crippen molar-refractivity contribution < 1.29 is 37.3 Å². The van der Waals surface area contributed by atoms with Gasteiger partial charge in [-0.2, -0.15) is 0 Å². The molecule has 0 aliphatic carbocycles. The van der Waals surface area contributed by atoms with Gasteiger partial charge >= 0.3 is 5.97 Å². The first-order chi connectivity index (χ1) is 29.6. The van der Waals surface area contributed by atoms with Crippen LogP contribution in [0.3, 0.4) is 0 Å². The highest BCUT2D eigenvalue weighted by atomic mass is 31.2. The van der Waals surface area contributed by atoms with Crippen LogP contribution in [-0.2, 0) is 27.9 Å². The van der Waals surface area contributed by atoms with Crippen LogP contribution < -0.4 is 4.89 Å². The Morgan fingerprint density at radius 1 is 0.525 bits per heavy atom. The molecule has 2 unspecified atom stereocenters. The summed E-state index contributed by atoms with van der Waals surface area (Å²) in [6.45, 7) is 5.19. The SMILES string of the molecule is CC/C=C\C/C=C\C/C=C\C/C=C\C/C=C\CCCC(=O)OC(COCCCCCCCCCCCC/C=C\C/C=C\CCCCCCC)COP(=O)([O-])OCC[N+](C)(C)C. The molecular formula is C52H92NO7P. The summed E-state index contributed by atoms with van der Waals surface area (Å²) >= 11 is 0. The van der Waals surface area contributed by atoms with Crippen molar-refractivity contribution in [3.63, 3.8) is 0 Å². The monoisotopic (exact) mass is 874 g/mol. The summed E-state index contributed by atoms with van der Waals surface area (Å²) in [5.41, 5.74) is 0. The molecule has 2 atom stereocenters. The topological polar surface area (TPSA) is 94.1 Å². The van der Waals surface area contributed by atoms with Crippen LogP contribution in [-0.4, -0.2) is 70.7 Å². The fourth-order valence-electron chi connectivity index (χ4n) is 6.20. The Morgan fingerprint density at radius 3 is 1.43 bits per heavy atom. The van der Waals surface area contributed by atoms with E-state index in [4.69, 9.17) is 18.5 Å². The predicted molar refractivity (Wildman–Crippen MR) is 258 cm³/mol. The highest BCUT2D eigenvalue weighted by Crippen LogP contribution is 2.38. The van der Waals surface area contributed by atoms with Gasteiger partial charge in [0, 0.05) is 13.0 Å². The van der Waals surface area contributed by atoms with Crippen LogP contribution in [0.5, 0.6) is 0 Å². The minimum absolute atomic E-state index is 0.0106. The first-order valence-electron chi connectivity index (χ1n) is 24.3. The molecule has 0 heterocycles. The summed E-state index contributed by atoms with van der Waals surface area (Å²) in [7, 11) is 1.31. The van der Waals surface area contributed by atoms with Gasteiger partial charge in [0.1, 0.15) is 19.3 Å². The Bertz CT molecular complexity index is 1250. The standard InChI is InChI=1S/C52H92NO7P/c1-6-8-10-12-14-16-18-20-22-24-25-26-27-28-30-32-34-36-38-40-42-44-47-57-49-51(50-59-61(55,56)58-48-46-53(3,4)5)60-52(54)45-43-41-39-37-35-33-31-29-23-21-19-17-15-13-11-9-7-2/h9,11,15,17-18,20-21,23-25,31,33,37,39,51H,6-8,10,12-14,16,19,22,26-30,32,34-36,38,40-50H2,1-5H3/b11-9-,17-15-,20-18-,23-21-,25-24-,33-31-,39-37-. The molecule has 0 amide bonds. The predicted octanol–water partition coefficient (Wildman–Crippen LogP) is 14.2. The normalized spacial score (nSPS) is 14.4. The minimum atomic E-state index is -4.55. The molecule has 0 spiro atoms. The Balaban J connectivity index is 4.26. The van der Waals surface area contributed by atoms with E-state index >= 15 is 0 Å². The van der Waals surface area contributed by atoms with Crippen LogP contribution in [0, 0.1) is 0 Å². The number of phosphoric ester groups is 1. The summed E-state index contributed by atoms with van der Waals surface area (Å²) in [5.74, 6) is -0.393. The Morgan fingerprint density at radius 2 is 0.951 bits per heavy atom. The van der Waals surface area contributed by atoms with Gasteiger partial charge in [-0.15, -0.1) is 0 Å². The van der Waals surface area contributed by atoms with Gasteiger partial charge in [-0.05, 0) is 83.5 Å². The molecule has 352 valence electrons. The molecule has 0 aromatic heterocycles. The van der Waals surface area contributed by atoms with Gasteiger partial charge in [-0.1, -0.05) is 176 Å². The number of phosphoric acid groups is 1. The van der Waals surface area contributed by atoms with Crippen molar-refractivity contribution in [1.29, 1.82) is 0 Å². The van der Waals surface area contributed by atoms with Crippen molar-refractivity contribution in [2.75, 3.05) is 54.1 Å². The van der Waals surface area contributed by atoms with Crippen molar-refractivity contribution >= 4 is 13.8 Å². The number of hydrogen-bond donors (Lipinski definition) is 0. The highest BCUT2D eigenvalue weighted by Gasteiger charge is 2.20. The average molecular weight is 874 g/mol. The van der Waals surface area contributed by atoms with Crippen LogP contribution in [0.15, 0.2) is 85.1 Å². The quantitative estimate of drug-likeness (QED) is 0.0198. The lowest BCUT2D eigenvalue weighted by Gasteiger charge is -2.28. The largest absolute Gasteiger partial charge is 0.756 e. The molecular weight excluding hydrogens is 782 g/mol. The van der Waals surface area contributed by atoms with Crippen molar-refractivity contribution in [2.24, 2.45) is 0 Å². The number of carbonyl (C=O) groups excluding carboxylic acids is 1. The third-order valence-electron chi connectivity index (χ3n) is 9.93. The minimum Gasteiger partial charge on any atom is -0.756 e. The van der Waals surface area contributed by atoms with E-state index in [0.717, 1.165) is 57.8 Å². The van der Waals surface area contributed by atoms with Gasteiger partial charge in [0.05, 0.1) is 34.4 Å². The molecule has 0 saturated heterocycles. The number of esters is 1. The molecule has 0 aromatic rings. The zero-order valence-electron chi connectivity index (χ0n) is 39.8. The number of allylic oxidation sites excluding steroid dienone is 14. The van der Waals surface area contributed by atoms with E-state index in [1.807, 2.05) is 21.1 Å². The average Bonchev–Trinajstić information content (AvgIpc) is 3.22. The van der Waals surface area contributed by atoms with E-state index in [0.29, 0.717) is 24.1 Å². The molecule has 0 radical (unpaired) electrons. The zero-order chi connectivity index (χ0) is 44.8. The van der Waals surface area contributed by atoms with E-state index in [-0.39, 0.29) is 26.2 Å². The van der Waals surface area contributed by atoms with Gasteiger partial charge < -0.3 is 27.9 Å². The molecule has 0 fully saturated rings. The first-order valence-corrected chi connectivity index (χ1v) is 25.8. The third-order valence-corrected chi connectivity index (χ3v) is 10.9. The van der Waals surface area contributed by atoms with E-state index in [1.54, 1.807) is 0 Å². The number of unbranched alkanes of at least 4 members (excludes halogenated alkanes) is 16. The number of hydrogen-bond acceptors (Lipinski definition) is 7. The molecule has 0 aromatic carbocycles. The maximum absolute atomic E-state index is 12.7. The summed E-state index contributed by atoms with van der Waals surface area (Å²) in [5, 5.41) is 0. The number of nitrogens with zero attached hydrogens (tertiary/aromatic N) is 1. The first kappa shape index (κ1) is 58.7. The van der Waals surface area contributed by atoms with Gasteiger partial charge in [-0.3, -0.25) is 9.36 Å². The number of rotatable bonds is 44. The van der Waals surface area contributed by atoms with Crippen LogP contribution in [0.4, 0.5) is 0 Å². The fourth-order valence-corrected chi connectivity index (χ4v) is 6.93. The third kappa shape index (κ3) is 48.6. The Hall–Kier alpha value is -2.32. The second-order valence-corrected chi connectivity index (χ2v) is 18.5. The summed E-state index contributed by atoms with van der Waals surface area (Å²) in [6, 6.07) is 0. The van der Waals surface area contributed by atoms with E-state index in [9.17, 15) is 14.3 Å². The zero-order valence-corrected chi connectivity index (χ0v) is 40.7. The van der Waals surface area contributed by atoms with Gasteiger partial charge in [-0.25, -0.2) is 0 Å². The second kappa shape index (κ2) is 44.3. The van der Waals surface area contributed by atoms with Crippen LogP contribution in [0.2, 0.25) is 0 Å². The smallest absolute Gasteiger partial charge is 0.306 e. The molecule has 0 aliphatic rings. The molecule has 61 heavy (non-hydrogen) atoms. The number of carbonyl (C=O) groups is 1. The lowest BCUT2D eigenvalue weighted by Crippen LogP contribution is -2.37. The van der Waals surface area contributed by atoms with Crippen molar-refractivity contribution in [2.45, 2.75) is 187 Å². The Kier molecular flexibility index (Phi) is 42.6. The maximum Gasteiger partial charge on any atom is 0.306 e. The van der Waals surface area contributed by atoms with Gasteiger partial charge in [0.15, 0.2) is 0 Å². The number of quaternary nitrogens is 1. The second-order valence-electron chi connectivity index (χ2n) is 17.1. The summed E-state index contributed by atoms with van der Waals surface area (Å²) < 4.78 is 34.6. The highest BCUT2D eigenvalue weighted by molar-refractivity contribution is 7.45. The van der Waals surface area contributed by atoms with Gasteiger partial charge in [0.2, 0.25) is 0 Å². The molecule has 0 rings (SSSR count). The van der Waals surface area contributed by atoms with Crippen molar-refractivity contribution in [3.05, 3.63) is 85.1 Å². The maximum atomic E-state index is 12.7. The van der Waals surface area contributed by atoms with Crippen LogP contribution >= 0.6 is 7.82 Å². The summed E-state index contributed by atoms with van der Waals surface area (Å²) in [4.78, 5) is 25.1. The van der Waals surface area contributed by atoms with Crippen LogP contribution in [0.1, 0.15) is 181 Å². The van der Waals surface area contributed by atoms with E-state index < -0.39 is 19.9 Å². The fraction of sp³-hybridized carbons (Fsp3) is 0.712. The van der Waals surface area contributed by atoms with Crippen LogP contribution in [0.25, 0.3) is 0 Å². The lowest BCUT2D eigenvalue weighted by atomic mass is 10.1. The molecule has 0 bridgehead atoms. The van der Waals surface area contributed by atoms with Crippen molar-refractivity contribution in [1.82, 2.24) is 0 Å². The lowest BCUT2D eigenvalue weighted by molar-refractivity contribution is -0.870. The van der Waals surface area contributed by atoms with E-state index in [1.165, 1.54) is 96.3 Å². The number of ether oxygens (including phenoxy) is 2. The molecule has 0 saturated carbocycles. The molecule has 8 nitrogen and oxygen atoms in total. The number of likely N-dealkylation sites (N-methyl/N-ethyl adjacent to an activating group) is 1.